The molecule has 3 heteroatoms. The molecule has 1 aromatic rings. The first-order valence-electron chi connectivity index (χ1n) is 5.92. The zero-order valence-electron chi connectivity index (χ0n) is 10.1. The van der Waals surface area contributed by atoms with Crippen LogP contribution >= 0.6 is 0 Å². The standard InChI is InChI=1S/C13H20N2O/c1-11-10-12(14-2)4-5-13(11)15-6-3-8-16-9-7-15/h4-5,10,14H,3,6-9H2,1-2H3. The van der Waals surface area contributed by atoms with Crippen molar-refractivity contribution in [3.05, 3.63) is 23.8 Å². The number of anilines is 2. The third kappa shape index (κ3) is 2.47. The van der Waals surface area contributed by atoms with Gasteiger partial charge in [0, 0.05) is 38.1 Å². The van der Waals surface area contributed by atoms with Crippen LogP contribution in [0.25, 0.3) is 0 Å². The topological polar surface area (TPSA) is 24.5 Å². The van der Waals surface area contributed by atoms with E-state index in [1.165, 1.54) is 16.9 Å². The second-order valence-electron chi connectivity index (χ2n) is 4.20. The second-order valence-corrected chi connectivity index (χ2v) is 4.20. The van der Waals surface area contributed by atoms with Crippen molar-refractivity contribution in [2.45, 2.75) is 13.3 Å². The maximum absolute atomic E-state index is 5.48. The summed E-state index contributed by atoms with van der Waals surface area (Å²) in [6.07, 6.45) is 1.12. The summed E-state index contributed by atoms with van der Waals surface area (Å²) in [5.41, 5.74) is 3.84. The van der Waals surface area contributed by atoms with Crippen LogP contribution in [0.4, 0.5) is 11.4 Å². The summed E-state index contributed by atoms with van der Waals surface area (Å²) >= 11 is 0. The van der Waals surface area contributed by atoms with E-state index in [2.05, 4.69) is 35.3 Å². The zero-order valence-corrected chi connectivity index (χ0v) is 10.1. The first-order chi connectivity index (χ1) is 7.81. The van der Waals surface area contributed by atoms with E-state index >= 15 is 0 Å². The van der Waals surface area contributed by atoms with Crippen LogP contribution < -0.4 is 10.2 Å². The molecule has 1 aromatic carbocycles. The average Bonchev–Trinajstić information content (AvgIpc) is 2.57. The number of hydrogen-bond acceptors (Lipinski definition) is 3. The molecule has 1 N–H and O–H groups in total. The summed E-state index contributed by atoms with van der Waals surface area (Å²) < 4.78 is 5.48. The average molecular weight is 220 g/mol. The molecule has 0 amide bonds. The molecule has 3 nitrogen and oxygen atoms in total. The number of rotatable bonds is 2. The van der Waals surface area contributed by atoms with Crippen molar-refractivity contribution in [3.63, 3.8) is 0 Å². The fraction of sp³-hybridized carbons (Fsp3) is 0.538. The number of nitrogens with one attached hydrogen (secondary N) is 1. The third-order valence-corrected chi connectivity index (χ3v) is 3.05. The van der Waals surface area contributed by atoms with Crippen LogP contribution in [0.5, 0.6) is 0 Å². The molecule has 0 atom stereocenters. The van der Waals surface area contributed by atoms with Gasteiger partial charge in [-0.1, -0.05) is 0 Å². The Morgan fingerprint density at radius 1 is 1.25 bits per heavy atom. The number of hydrogen-bond donors (Lipinski definition) is 1. The van der Waals surface area contributed by atoms with E-state index in [1.54, 1.807) is 0 Å². The first-order valence-corrected chi connectivity index (χ1v) is 5.92. The SMILES string of the molecule is CNc1ccc(N2CCCOCC2)c(C)c1. The molecule has 1 aliphatic rings. The summed E-state index contributed by atoms with van der Waals surface area (Å²) in [5, 5.41) is 3.17. The summed E-state index contributed by atoms with van der Waals surface area (Å²) in [5.74, 6) is 0. The molecular formula is C13H20N2O. The Hall–Kier alpha value is -1.22. The summed E-state index contributed by atoms with van der Waals surface area (Å²) in [6, 6.07) is 6.53. The minimum absolute atomic E-state index is 0.840. The zero-order chi connectivity index (χ0) is 11.4. The van der Waals surface area contributed by atoms with Crippen molar-refractivity contribution in [2.75, 3.05) is 43.6 Å². The van der Waals surface area contributed by atoms with E-state index in [1.807, 2.05) is 7.05 Å². The van der Waals surface area contributed by atoms with E-state index in [-0.39, 0.29) is 0 Å². The number of benzene rings is 1. The van der Waals surface area contributed by atoms with Gasteiger partial charge >= 0.3 is 0 Å². The summed E-state index contributed by atoms with van der Waals surface area (Å²) in [6.45, 7) is 6.00. The molecule has 0 spiro atoms. The minimum atomic E-state index is 0.840. The fourth-order valence-corrected chi connectivity index (χ4v) is 2.15. The highest BCUT2D eigenvalue weighted by atomic mass is 16.5. The van der Waals surface area contributed by atoms with Crippen LogP contribution in [0.1, 0.15) is 12.0 Å². The Morgan fingerprint density at radius 2 is 2.12 bits per heavy atom. The van der Waals surface area contributed by atoms with Crippen LogP contribution in [-0.2, 0) is 4.74 Å². The molecule has 88 valence electrons. The number of aryl methyl sites for hydroxylation is 1. The van der Waals surface area contributed by atoms with Crippen molar-refractivity contribution >= 4 is 11.4 Å². The maximum atomic E-state index is 5.48. The van der Waals surface area contributed by atoms with Gasteiger partial charge in [0.2, 0.25) is 0 Å². The minimum Gasteiger partial charge on any atom is -0.388 e. The van der Waals surface area contributed by atoms with Gasteiger partial charge in [0.1, 0.15) is 0 Å². The Labute approximate surface area is 97.4 Å². The second kappa shape index (κ2) is 5.21. The first kappa shape index (κ1) is 11.3. The van der Waals surface area contributed by atoms with E-state index in [0.717, 1.165) is 32.7 Å². The lowest BCUT2D eigenvalue weighted by molar-refractivity contribution is 0.152. The monoisotopic (exact) mass is 220 g/mol. The molecular weight excluding hydrogens is 200 g/mol. The lowest BCUT2D eigenvalue weighted by atomic mass is 10.1. The highest BCUT2D eigenvalue weighted by Gasteiger charge is 2.11. The van der Waals surface area contributed by atoms with Crippen LogP contribution in [0.2, 0.25) is 0 Å². The van der Waals surface area contributed by atoms with Crippen LogP contribution in [0, 0.1) is 6.92 Å². The van der Waals surface area contributed by atoms with Gasteiger partial charge in [-0.15, -0.1) is 0 Å². The Balaban J connectivity index is 2.18. The van der Waals surface area contributed by atoms with Crippen LogP contribution in [0.15, 0.2) is 18.2 Å². The highest BCUT2D eigenvalue weighted by Crippen LogP contribution is 2.24. The molecule has 0 radical (unpaired) electrons. The Kier molecular flexibility index (Phi) is 3.67. The quantitative estimate of drug-likeness (QED) is 0.827. The predicted molar refractivity (Wildman–Crippen MR) is 68.4 cm³/mol. The molecule has 1 saturated heterocycles. The van der Waals surface area contributed by atoms with Gasteiger partial charge in [0.25, 0.3) is 0 Å². The summed E-state index contributed by atoms with van der Waals surface area (Å²) in [7, 11) is 1.95. The van der Waals surface area contributed by atoms with Gasteiger partial charge < -0.3 is 15.0 Å². The lowest BCUT2D eigenvalue weighted by Gasteiger charge is -2.24. The molecule has 0 aliphatic carbocycles. The summed E-state index contributed by atoms with van der Waals surface area (Å²) in [4.78, 5) is 2.42. The Morgan fingerprint density at radius 3 is 2.88 bits per heavy atom. The molecule has 16 heavy (non-hydrogen) atoms. The molecule has 1 heterocycles. The van der Waals surface area contributed by atoms with Gasteiger partial charge in [-0.05, 0) is 37.1 Å². The normalized spacial score (nSPS) is 17.0. The smallest absolute Gasteiger partial charge is 0.0641 e. The van der Waals surface area contributed by atoms with E-state index in [4.69, 9.17) is 4.74 Å². The molecule has 1 fully saturated rings. The van der Waals surface area contributed by atoms with Crippen molar-refractivity contribution in [1.82, 2.24) is 0 Å². The number of nitrogens with zero attached hydrogens (tertiary/aromatic N) is 1. The molecule has 1 aliphatic heterocycles. The lowest BCUT2D eigenvalue weighted by Crippen LogP contribution is -2.26. The molecule has 0 bridgehead atoms. The molecule has 2 rings (SSSR count). The van der Waals surface area contributed by atoms with Gasteiger partial charge in [0.15, 0.2) is 0 Å². The molecule has 0 unspecified atom stereocenters. The van der Waals surface area contributed by atoms with Gasteiger partial charge in [-0.3, -0.25) is 0 Å². The van der Waals surface area contributed by atoms with Crippen LogP contribution in [-0.4, -0.2) is 33.4 Å². The van der Waals surface area contributed by atoms with E-state index in [0.29, 0.717) is 0 Å². The van der Waals surface area contributed by atoms with Crippen molar-refractivity contribution in [1.29, 1.82) is 0 Å². The van der Waals surface area contributed by atoms with E-state index in [9.17, 15) is 0 Å². The molecule has 0 aromatic heterocycles. The predicted octanol–water partition coefficient (Wildman–Crippen LogP) is 2.26. The highest BCUT2D eigenvalue weighted by molar-refractivity contribution is 5.60. The van der Waals surface area contributed by atoms with Gasteiger partial charge in [0.05, 0.1) is 6.61 Å². The van der Waals surface area contributed by atoms with Crippen LogP contribution in [0.3, 0.4) is 0 Å². The maximum Gasteiger partial charge on any atom is 0.0641 e. The van der Waals surface area contributed by atoms with Gasteiger partial charge in [-0.2, -0.15) is 0 Å². The Bertz CT molecular complexity index is 344. The van der Waals surface area contributed by atoms with Crippen molar-refractivity contribution in [3.8, 4) is 0 Å². The largest absolute Gasteiger partial charge is 0.388 e. The van der Waals surface area contributed by atoms with E-state index < -0.39 is 0 Å². The fourth-order valence-electron chi connectivity index (χ4n) is 2.15. The number of ether oxygens (including phenoxy) is 1. The van der Waals surface area contributed by atoms with Gasteiger partial charge in [-0.25, -0.2) is 0 Å². The van der Waals surface area contributed by atoms with Crippen molar-refractivity contribution < 1.29 is 4.74 Å². The molecule has 0 saturated carbocycles. The van der Waals surface area contributed by atoms with Crippen molar-refractivity contribution in [2.24, 2.45) is 0 Å². The third-order valence-electron chi connectivity index (χ3n) is 3.05.